The van der Waals surface area contributed by atoms with Crippen LogP contribution in [0.5, 0.6) is 0 Å². The maximum atomic E-state index is 12.7. The molecule has 136 valence electrons. The van der Waals surface area contributed by atoms with Crippen molar-refractivity contribution < 1.29 is 9.72 Å². The van der Waals surface area contributed by atoms with Crippen LogP contribution in [-0.2, 0) is 11.3 Å². The van der Waals surface area contributed by atoms with Crippen molar-refractivity contribution in [3.8, 4) is 0 Å². The Morgan fingerprint density at radius 1 is 1.08 bits per heavy atom. The van der Waals surface area contributed by atoms with Crippen molar-refractivity contribution in [1.82, 2.24) is 9.80 Å². The second-order valence-corrected chi connectivity index (χ2v) is 7.22. The summed E-state index contributed by atoms with van der Waals surface area (Å²) in [5.41, 5.74) is 1.11. The lowest BCUT2D eigenvalue weighted by Gasteiger charge is -2.34. The normalized spacial score (nSPS) is 20.2. The van der Waals surface area contributed by atoms with Gasteiger partial charge in [-0.05, 0) is 44.3 Å². The molecule has 2 aliphatic heterocycles. The molecule has 2 saturated heterocycles. The largest absolute Gasteiger partial charge is 0.342 e. The number of amides is 1. The van der Waals surface area contributed by atoms with Crippen molar-refractivity contribution >= 4 is 11.6 Å². The topological polar surface area (TPSA) is 66.7 Å². The third-order valence-corrected chi connectivity index (χ3v) is 5.38. The van der Waals surface area contributed by atoms with Gasteiger partial charge in [0, 0.05) is 37.7 Å². The summed E-state index contributed by atoms with van der Waals surface area (Å²) in [5, 5.41) is 10.9. The van der Waals surface area contributed by atoms with Crippen LogP contribution in [0.15, 0.2) is 24.3 Å². The molecular weight excluding hydrogens is 318 g/mol. The number of nitro groups is 1. The fourth-order valence-corrected chi connectivity index (χ4v) is 3.91. The van der Waals surface area contributed by atoms with E-state index in [2.05, 4.69) is 9.80 Å². The fourth-order valence-electron chi connectivity index (χ4n) is 3.91. The van der Waals surface area contributed by atoms with E-state index in [1.165, 1.54) is 18.9 Å². The van der Waals surface area contributed by atoms with Gasteiger partial charge in [-0.3, -0.25) is 19.8 Å². The average Bonchev–Trinajstić information content (AvgIpc) is 2.91. The first kappa shape index (κ1) is 17.9. The zero-order chi connectivity index (χ0) is 17.6. The summed E-state index contributed by atoms with van der Waals surface area (Å²) < 4.78 is 0. The Hall–Kier alpha value is -1.95. The Morgan fingerprint density at radius 2 is 1.76 bits per heavy atom. The molecule has 6 nitrogen and oxygen atoms in total. The highest BCUT2D eigenvalue weighted by Gasteiger charge is 2.28. The predicted molar refractivity (Wildman–Crippen MR) is 96.1 cm³/mol. The number of carbonyl (C=O) groups is 1. The number of hydrogen-bond donors (Lipinski definition) is 0. The Balaban J connectivity index is 1.50. The molecule has 25 heavy (non-hydrogen) atoms. The maximum absolute atomic E-state index is 12.7. The quantitative estimate of drug-likeness (QED) is 0.621. The summed E-state index contributed by atoms with van der Waals surface area (Å²) in [5.74, 6) is 0.497. The van der Waals surface area contributed by atoms with Crippen LogP contribution in [0.4, 0.5) is 5.69 Å². The SMILES string of the molecule is O=C(C1CCN(Cc2cccc([N+](=O)[O-])c2)CC1)N1CCCCCC1. The molecule has 1 aromatic rings. The van der Waals surface area contributed by atoms with Gasteiger partial charge in [-0.2, -0.15) is 0 Å². The molecule has 1 amide bonds. The second kappa shape index (κ2) is 8.43. The summed E-state index contributed by atoms with van der Waals surface area (Å²) in [6.07, 6.45) is 6.54. The molecular formula is C19H27N3O3. The lowest BCUT2D eigenvalue weighted by atomic mass is 9.94. The van der Waals surface area contributed by atoms with Gasteiger partial charge in [0.25, 0.3) is 5.69 Å². The van der Waals surface area contributed by atoms with Gasteiger partial charge in [-0.1, -0.05) is 25.0 Å². The van der Waals surface area contributed by atoms with Crippen molar-refractivity contribution in [3.63, 3.8) is 0 Å². The van der Waals surface area contributed by atoms with Crippen LogP contribution in [0.3, 0.4) is 0 Å². The standard InChI is InChI=1S/C19H27N3O3/c23-19(21-10-3-1-2-4-11-21)17-8-12-20(13-9-17)15-16-6-5-7-18(14-16)22(24)25/h5-7,14,17H,1-4,8-13,15H2. The van der Waals surface area contributed by atoms with Gasteiger partial charge in [0.2, 0.25) is 5.91 Å². The van der Waals surface area contributed by atoms with E-state index in [9.17, 15) is 14.9 Å². The van der Waals surface area contributed by atoms with Crippen LogP contribution in [0.2, 0.25) is 0 Å². The molecule has 2 heterocycles. The van der Waals surface area contributed by atoms with Gasteiger partial charge in [0.05, 0.1) is 4.92 Å². The van der Waals surface area contributed by atoms with Crippen LogP contribution >= 0.6 is 0 Å². The van der Waals surface area contributed by atoms with Gasteiger partial charge < -0.3 is 4.90 Å². The van der Waals surface area contributed by atoms with E-state index < -0.39 is 0 Å². The molecule has 2 aliphatic rings. The monoisotopic (exact) mass is 345 g/mol. The number of benzene rings is 1. The first-order valence-electron chi connectivity index (χ1n) is 9.38. The molecule has 0 atom stereocenters. The van der Waals surface area contributed by atoms with E-state index >= 15 is 0 Å². The van der Waals surface area contributed by atoms with Crippen LogP contribution in [0.1, 0.15) is 44.1 Å². The van der Waals surface area contributed by atoms with E-state index in [0.717, 1.165) is 57.4 Å². The maximum Gasteiger partial charge on any atom is 0.269 e. The van der Waals surface area contributed by atoms with Gasteiger partial charge in [0.15, 0.2) is 0 Å². The van der Waals surface area contributed by atoms with Gasteiger partial charge in [0.1, 0.15) is 0 Å². The summed E-state index contributed by atoms with van der Waals surface area (Å²) in [7, 11) is 0. The van der Waals surface area contributed by atoms with Crippen LogP contribution in [-0.4, -0.2) is 46.8 Å². The van der Waals surface area contributed by atoms with E-state index in [0.29, 0.717) is 12.5 Å². The van der Waals surface area contributed by atoms with Crippen molar-refractivity contribution in [1.29, 1.82) is 0 Å². The highest BCUT2D eigenvalue weighted by molar-refractivity contribution is 5.79. The molecule has 6 heteroatoms. The van der Waals surface area contributed by atoms with Crippen molar-refractivity contribution in [2.75, 3.05) is 26.2 Å². The number of likely N-dealkylation sites (tertiary alicyclic amines) is 2. The number of non-ortho nitro benzene ring substituents is 1. The molecule has 1 aromatic carbocycles. The molecule has 2 fully saturated rings. The molecule has 3 rings (SSSR count). The lowest BCUT2D eigenvalue weighted by Crippen LogP contribution is -2.42. The second-order valence-electron chi connectivity index (χ2n) is 7.22. The summed E-state index contributed by atoms with van der Waals surface area (Å²) in [4.78, 5) is 27.6. The predicted octanol–water partition coefficient (Wildman–Crippen LogP) is 3.21. The summed E-state index contributed by atoms with van der Waals surface area (Å²) in [6.45, 7) is 4.33. The first-order valence-corrected chi connectivity index (χ1v) is 9.38. The Labute approximate surface area is 148 Å². The molecule has 0 unspecified atom stereocenters. The number of nitro benzene ring substituents is 1. The Bertz CT molecular complexity index is 604. The summed E-state index contributed by atoms with van der Waals surface area (Å²) >= 11 is 0. The first-order chi connectivity index (χ1) is 12.1. The van der Waals surface area contributed by atoms with Gasteiger partial charge in [-0.25, -0.2) is 0 Å². The lowest BCUT2D eigenvalue weighted by molar-refractivity contribution is -0.384. The van der Waals surface area contributed by atoms with Crippen molar-refractivity contribution in [2.24, 2.45) is 5.92 Å². The molecule has 0 aromatic heterocycles. The minimum atomic E-state index is -0.352. The number of piperidine rings is 1. The third-order valence-electron chi connectivity index (χ3n) is 5.38. The molecule has 0 bridgehead atoms. The van der Waals surface area contributed by atoms with E-state index in [1.54, 1.807) is 12.1 Å². The van der Waals surface area contributed by atoms with Crippen LogP contribution in [0, 0.1) is 16.0 Å². The highest BCUT2D eigenvalue weighted by atomic mass is 16.6. The minimum absolute atomic E-state index is 0.142. The van der Waals surface area contributed by atoms with Gasteiger partial charge in [-0.15, -0.1) is 0 Å². The van der Waals surface area contributed by atoms with E-state index in [-0.39, 0.29) is 16.5 Å². The third kappa shape index (κ3) is 4.78. The zero-order valence-corrected chi connectivity index (χ0v) is 14.7. The van der Waals surface area contributed by atoms with E-state index in [1.807, 2.05) is 6.07 Å². The smallest absolute Gasteiger partial charge is 0.269 e. The zero-order valence-electron chi connectivity index (χ0n) is 14.7. The molecule has 0 spiro atoms. The van der Waals surface area contributed by atoms with Gasteiger partial charge >= 0.3 is 0 Å². The Kier molecular flexibility index (Phi) is 6.02. The number of hydrogen-bond acceptors (Lipinski definition) is 4. The fraction of sp³-hybridized carbons (Fsp3) is 0.632. The molecule has 0 saturated carbocycles. The molecule has 0 N–H and O–H groups in total. The Morgan fingerprint density at radius 3 is 2.40 bits per heavy atom. The van der Waals surface area contributed by atoms with Crippen LogP contribution in [0.25, 0.3) is 0 Å². The number of rotatable bonds is 4. The van der Waals surface area contributed by atoms with E-state index in [4.69, 9.17) is 0 Å². The average molecular weight is 345 g/mol. The number of nitrogens with zero attached hydrogens (tertiary/aromatic N) is 3. The number of carbonyl (C=O) groups excluding carboxylic acids is 1. The van der Waals surface area contributed by atoms with Crippen molar-refractivity contribution in [3.05, 3.63) is 39.9 Å². The minimum Gasteiger partial charge on any atom is -0.342 e. The van der Waals surface area contributed by atoms with Crippen molar-refractivity contribution in [2.45, 2.75) is 45.1 Å². The molecule has 0 radical (unpaired) electrons. The highest BCUT2D eigenvalue weighted by Crippen LogP contribution is 2.23. The van der Waals surface area contributed by atoms with Crippen LogP contribution < -0.4 is 0 Å². The molecule has 0 aliphatic carbocycles. The summed E-state index contributed by atoms with van der Waals surface area (Å²) in [6, 6.07) is 6.84.